The van der Waals surface area contributed by atoms with Gasteiger partial charge in [-0.05, 0) is 52.9 Å². The number of benzene rings is 4. The Balaban J connectivity index is 0.919. The van der Waals surface area contributed by atoms with Gasteiger partial charge in [0, 0.05) is 80.4 Å². The molecule has 4 heterocycles. The molecule has 8 rings (SSSR count). The summed E-state index contributed by atoms with van der Waals surface area (Å²) in [6, 6.07) is 30.3. The monoisotopic (exact) mass is 642 g/mol. The van der Waals surface area contributed by atoms with Crippen molar-refractivity contribution in [2.24, 2.45) is 0 Å². The van der Waals surface area contributed by atoms with Gasteiger partial charge in [0.2, 0.25) is 11.8 Å². The molecule has 0 aromatic heterocycles. The summed E-state index contributed by atoms with van der Waals surface area (Å²) in [6.07, 6.45) is 0.622. The van der Waals surface area contributed by atoms with Gasteiger partial charge in [0.05, 0.1) is 6.61 Å². The van der Waals surface area contributed by atoms with Gasteiger partial charge in [0.25, 0.3) is 5.91 Å². The first-order chi connectivity index (χ1) is 23.4. The maximum Gasteiger partial charge on any atom is 0.255 e. The molecule has 4 aromatic carbocycles. The number of nitrogens with zero attached hydrogens (tertiary/aromatic N) is 3. The average molecular weight is 643 g/mol. The first-order valence-electron chi connectivity index (χ1n) is 16.8. The second-order valence-corrected chi connectivity index (χ2v) is 13.3. The lowest BCUT2D eigenvalue weighted by atomic mass is 9.76. The van der Waals surface area contributed by atoms with Gasteiger partial charge in [-0.15, -0.1) is 0 Å². The Morgan fingerprint density at radius 3 is 2.40 bits per heavy atom. The average Bonchev–Trinajstić information content (AvgIpc) is 3.43. The van der Waals surface area contributed by atoms with Crippen molar-refractivity contribution in [3.05, 3.63) is 124 Å². The van der Waals surface area contributed by atoms with Gasteiger partial charge in [-0.3, -0.25) is 24.6 Å². The lowest BCUT2D eigenvalue weighted by Gasteiger charge is -2.37. The van der Waals surface area contributed by atoms with Crippen LogP contribution in [0.3, 0.4) is 0 Å². The molecule has 2 fully saturated rings. The van der Waals surface area contributed by atoms with Crippen LogP contribution in [0.4, 0.5) is 5.69 Å². The molecular formula is C39H38N4O5. The topological polar surface area (TPSA) is 102 Å². The molecule has 4 aliphatic rings. The van der Waals surface area contributed by atoms with E-state index in [0.29, 0.717) is 25.1 Å². The third-order valence-corrected chi connectivity index (χ3v) is 10.4. The van der Waals surface area contributed by atoms with Gasteiger partial charge in [-0.1, -0.05) is 60.7 Å². The standard InChI is InChI=1S/C39H38N4O5/c44-30-11-13-32-35(21-30)48-24-33(26-4-2-1-3-5-26)37(32)27-7-9-29(10-8-27)42-18-16-41(17-19-42)22-25-6-12-31-28(20-25)23-43(39(31)47)34-14-15-36(45)40-38(34)46/h1-13,20-21,33-34,37,44H,14-19,22-24H2,(H,40,45,46)/t33-,34?,37-/m0/s1. The van der Waals surface area contributed by atoms with E-state index in [9.17, 15) is 19.5 Å². The molecule has 3 atom stereocenters. The van der Waals surface area contributed by atoms with Crippen molar-refractivity contribution in [2.75, 3.05) is 37.7 Å². The van der Waals surface area contributed by atoms with E-state index >= 15 is 0 Å². The van der Waals surface area contributed by atoms with Gasteiger partial charge in [-0.25, -0.2) is 0 Å². The first kappa shape index (κ1) is 30.2. The maximum absolute atomic E-state index is 13.1. The maximum atomic E-state index is 13.1. The molecule has 9 heteroatoms. The predicted molar refractivity (Wildman–Crippen MR) is 181 cm³/mol. The number of amides is 3. The highest BCUT2D eigenvalue weighted by Crippen LogP contribution is 2.47. The van der Waals surface area contributed by atoms with Crippen molar-refractivity contribution >= 4 is 23.4 Å². The van der Waals surface area contributed by atoms with Crippen molar-refractivity contribution < 1.29 is 24.2 Å². The zero-order chi connectivity index (χ0) is 32.8. The van der Waals surface area contributed by atoms with Gasteiger partial charge in [0.15, 0.2) is 0 Å². The van der Waals surface area contributed by atoms with Crippen LogP contribution in [0.15, 0.2) is 91.0 Å². The number of fused-ring (bicyclic) bond motifs is 2. The second-order valence-electron chi connectivity index (χ2n) is 13.3. The van der Waals surface area contributed by atoms with E-state index in [-0.39, 0.29) is 41.7 Å². The van der Waals surface area contributed by atoms with Gasteiger partial charge in [-0.2, -0.15) is 0 Å². The molecular weight excluding hydrogens is 604 g/mol. The van der Waals surface area contributed by atoms with E-state index in [1.165, 1.54) is 16.8 Å². The van der Waals surface area contributed by atoms with Crippen LogP contribution in [0.1, 0.15) is 62.9 Å². The van der Waals surface area contributed by atoms with Crippen LogP contribution in [-0.2, 0) is 22.7 Å². The molecule has 2 N–H and O–H groups in total. The molecule has 2 saturated heterocycles. The first-order valence-corrected chi connectivity index (χ1v) is 16.8. The van der Waals surface area contributed by atoms with Crippen molar-refractivity contribution in [3.8, 4) is 11.5 Å². The summed E-state index contributed by atoms with van der Waals surface area (Å²) < 4.78 is 6.14. The molecule has 0 aliphatic carbocycles. The minimum Gasteiger partial charge on any atom is -0.508 e. The Hall–Kier alpha value is -5.15. The van der Waals surface area contributed by atoms with Crippen molar-refractivity contribution in [3.63, 3.8) is 0 Å². The molecule has 1 unspecified atom stereocenters. The third kappa shape index (κ3) is 5.68. The van der Waals surface area contributed by atoms with Gasteiger partial charge in [0.1, 0.15) is 17.5 Å². The summed E-state index contributed by atoms with van der Waals surface area (Å²) in [7, 11) is 0. The minimum absolute atomic E-state index is 0.112. The summed E-state index contributed by atoms with van der Waals surface area (Å²) >= 11 is 0. The highest BCUT2D eigenvalue weighted by molar-refractivity contribution is 6.05. The number of phenols is 1. The molecule has 4 aromatic rings. The Kier molecular flexibility index (Phi) is 7.84. The number of carbonyl (C=O) groups is 3. The number of hydrogen-bond donors (Lipinski definition) is 2. The molecule has 4 aliphatic heterocycles. The number of phenolic OH excluding ortho intramolecular Hbond substituents is 1. The van der Waals surface area contributed by atoms with Crippen LogP contribution in [-0.4, -0.2) is 71.5 Å². The van der Waals surface area contributed by atoms with E-state index in [0.717, 1.165) is 55.2 Å². The van der Waals surface area contributed by atoms with E-state index < -0.39 is 6.04 Å². The molecule has 9 nitrogen and oxygen atoms in total. The molecule has 48 heavy (non-hydrogen) atoms. The smallest absolute Gasteiger partial charge is 0.255 e. The number of anilines is 1. The number of ether oxygens (including phenoxy) is 1. The van der Waals surface area contributed by atoms with Gasteiger partial charge < -0.3 is 19.6 Å². The highest BCUT2D eigenvalue weighted by Gasteiger charge is 2.39. The molecule has 0 bridgehead atoms. The zero-order valence-corrected chi connectivity index (χ0v) is 26.7. The van der Waals surface area contributed by atoms with Crippen LogP contribution >= 0.6 is 0 Å². The van der Waals surface area contributed by atoms with E-state index in [1.54, 1.807) is 17.0 Å². The van der Waals surface area contributed by atoms with Gasteiger partial charge >= 0.3 is 0 Å². The zero-order valence-electron chi connectivity index (χ0n) is 26.7. The number of piperidine rings is 1. The molecule has 244 valence electrons. The molecule has 0 radical (unpaired) electrons. The number of hydrogen-bond acceptors (Lipinski definition) is 7. The third-order valence-electron chi connectivity index (χ3n) is 10.4. The largest absolute Gasteiger partial charge is 0.508 e. The number of imide groups is 1. The summed E-state index contributed by atoms with van der Waals surface area (Å²) in [5, 5.41) is 12.5. The van der Waals surface area contributed by atoms with Crippen molar-refractivity contribution in [1.82, 2.24) is 15.1 Å². The number of rotatable bonds is 6. The van der Waals surface area contributed by atoms with Crippen LogP contribution in [0.25, 0.3) is 0 Å². The number of aromatic hydroxyl groups is 1. The van der Waals surface area contributed by atoms with E-state index in [2.05, 4.69) is 69.7 Å². The van der Waals surface area contributed by atoms with Crippen molar-refractivity contribution in [1.29, 1.82) is 0 Å². The summed E-state index contributed by atoms with van der Waals surface area (Å²) in [5.74, 6) is 0.433. The Labute approximate surface area is 279 Å². The van der Waals surface area contributed by atoms with Crippen molar-refractivity contribution in [2.45, 2.75) is 43.8 Å². The minimum atomic E-state index is -0.597. The number of piperazine rings is 1. The predicted octanol–water partition coefficient (Wildman–Crippen LogP) is 4.78. The number of carbonyl (C=O) groups excluding carboxylic acids is 3. The van der Waals surface area contributed by atoms with Crippen LogP contribution in [0.2, 0.25) is 0 Å². The summed E-state index contributed by atoms with van der Waals surface area (Å²) in [6.45, 7) is 5.42. The molecule has 3 amide bonds. The molecule has 0 spiro atoms. The SMILES string of the molecule is O=C1CCC(N2Cc3cc(CN4CCN(c5ccc([C@H]6c7ccc(O)cc7OC[C@H]6c6ccccc6)cc5)CC4)ccc3C2=O)C(=O)N1. The fourth-order valence-corrected chi connectivity index (χ4v) is 7.84. The van der Waals surface area contributed by atoms with E-state index in [1.807, 2.05) is 24.3 Å². The van der Waals surface area contributed by atoms with Crippen LogP contribution in [0, 0.1) is 0 Å². The highest BCUT2D eigenvalue weighted by atomic mass is 16.5. The Morgan fingerprint density at radius 1 is 0.833 bits per heavy atom. The molecule has 0 saturated carbocycles. The lowest BCUT2D eigenvalue weighted by molar-refractivity contribution is -0.136. The van der Waals surface area contributed by atoms with Crippen LogP contribution in [0.5, 0.6) is 11.5 Å². The quantitative estimate of drug-likeness (QED) is 0.292. The summed E-state index contributed by atoms with van der Waals surface area (Å²) in [5.41, 5.74) is 7.51. The summed E-state index contributed by atoms with van der Waals surface area (Å²) in [4.78, 5) is 43.6. The van der Waals surface area contributed by atoms with Crippen LogP contribution < -0.4 is 15.0 Å². The Bertz CT molecular complexity index is 1870. The fourth-order valence-electron chi connectivity index (χ4n) is 7.84. The van der Waals surface area contributed by atoms with E-state index in [4.69, 9.17) is 4.74 Å². The Morgan fingerprint density at radius 2 is 1.62 bits per heavy atom. The lowest BCUT2D eigenvalue weighted by Crippen LogP contribution is -2.52. The number of nitrogens with one attached hydrogen (secondary N) is 1. The fraction of sp³-hybridized carbons (Fsp3) is 0.308. The second kappa shape index (κ2) is 12.5. The normalized spacial score (nSPS) is 22.6.